The van der Waals surface area contributed by atoms with Crippen molar-refractivity contribution in [1.82, 2.24) is 5.32 Å². The van der Waals surface area contributed by atoms with E-state index in [9.17, 15) is 19.8 Å². The zero-order chi connectivity index (χ0) is 24.9. The number of phenolic OH excluding ortho intramolecular Hbond substituents is 1. The second-order valence-electron chi connectivity index (χ2n) is 9.74. The van der Waals surface area contributed by atoms with Crippen LogP contribution in [0.2, 0.25) is 0 Å². The number of hydrogen-bond acceptors (Lipinski definition) is 3. The van der Waals surface area contributed by atoms with Crippen molar-refractivity contribution in [2.24, 2.45) is 0 Å². The number of phenols is 1. The lowest BCUT2D eigenvalue weighted by molar-refractivity contribution is -0.141. The van der Waals surface area contributed by atoms with Crippen LogP contribution in [0.3, 0.4) is 0 Å². The molecule has 3 N–H and O–H groups in total. The lowest BCUT2D eigenvalue weighted by atomic mass is 10.0. The zero-order valence-electron chi connectivity index (χ0n) is 21.5. The van der Waals surface area contributed by atoms with E-state index in [1.165, 1.54) is 102 Å². The maximum absolute atomic E-state index is 12.1. The van der Waals surface area contributed by atoms with Crippen LogP contribution in [0.4, 0.5) is 0 Å². The molecule has 0 spiro atoms. The number of aliphatic carboxylic acids is 1. The number of aromatic hydroxyl groups is 1. The van der Waals surface area contributed by atoms with Crippen molar-refractivity contribution < 1.29 is 19.8 Å². The second-order valence-corrected chi connectivity index (χ2v) is 9.74. The van der Waals surface area contributed by atoms with Crippen molar-refractivity contribution >= 4 is 11.9 Å². The fraction of sp³-hybridized carbons (Fsp3) is 0.724. The average Bonchev–Trinajstić information content (AvgIpc) is 2.82. The first kappa shape index (κ1) is 30.0. The van der Waals surface area contributed by atoms with Gasteiger partial charge in [0.1, 0.15) is 11.8 Å². The van der Waals surface area contributed by atoms with Crippen molar-refractivity contribution in [3.05, 3.63) is 29.8 Å². The zero-order valence-corrected chi connectivity index (χ0v) is 21.5. The quantitative estimate of drug-likeness (QED) is 0.151. The standard InChI is InChI=1S/C29H49NO4/c1-2-3-4-5-6-7-8-9-10-11-12-13-14-15-16-17-18-19-28(32)30-27(29(33)34)24-25-20-22-26(31)23-21-25/h20-23,27,31H,2-19,24H2,1H3,(H,30,32)(H,33,34)/t27-/m0/s1. The molecule has 0 aromatic heterocycles. The van der Waals surface area contributed by atoms with Crippen LogP contribution in [0.1, 0.15) is 128 Å². The lowest BCUT2D eigenvalue weighted by Gasteiger charge is -2.14. The van der Waals surface area contributed by atoms with Gasteiger partial charge in [0, 0.05) is 12.8 Å². The van der Waals surface area contributed by atoms with E-state index in [2.05, 4.69) is 12.2 Å². The summed E-state index contributed by atoms with van der Waals surface area (Å²) in [4.78, 5) is 23.6. The summed E-state index contributed by atoms with van der Waals surface area (Å²) in [5, 5.41) is 21.4. The molecule has 194 valence electrons. The molecule has 5 nitrogen and oxygen atoms in total. The van der Waals surface area contributed by atoms with E-state index in [0.29, 0.717) is 6.42 Å². The van der Waals surface area contributed by atoms with Crippen LogP contribution in [0, 0.1) is 0 Å². The maximum atomic E-state index is 12.1. The molecular weight excluding hydrogens is 426 g/mol. The Hall–Kier alpha value is -2.04. The maximum Gasteiger partial charge on any atom is 0.326 e. The molecule has 5 heteroatoms. The highest BCUT2D eigenvalue weighted by molar-refractivity contribution is 5.83. The minimum absolute atomic E-state index is 0.137. The van der Waals surface area contributed by atoms with Crippen molar-refractivity contribution in [3.63, 3.8) is 0 Å². The largest absolute Gasteiger partial charge is 0.508 e. The Labute approximate surface area is 207 Å². The van der Waals surface area contributed by atoms with E-state index in [4.69, 9.17) is 0 Å². The molecule has 0 aliphatic rings. The molecule has 1 aromatic carbocycles. The molecule has 0 aliphatic heterocycles. The topological polar surface area (TPSA) is 86.6 Å². The molecule has 1 rings (SSSR count). The van der Waals surface area contributed by atoms with Crippen LogP contribution in [-0.4, -0.2) is 28.1 Å². The number of hydrogen-bond donors (Lipinski definition) is 3. The molecule has 1 aromatic rings. The second kappa shape index (κ2) is 20.3. The molecule has 0 radical (unpaired) electrons. The van der Waals surface area contributed by atoms with Gasteiger partial charge in [-0.1, -0.05) is 122 Å². The van der Waals surface area contributed by atoms with Crippen LogP contribution in [-0.2, 0) is 16.0 Å². The highest BCUT2D eigenvalue weighted by Crippen LogP contribution is 2.15. The fourth-order valence-corrected chi connectivity index (χ4v) is 4.34. The number of nitrogens with one attached hydrogen (secondary N) is 1. The molecular formula is C29H49NO4. The molecule has 0 saturated heterocycles. The summed E-state index contributed by atoms with van der Waals surface area (Å²) in [6, 6.07) is 5.45. The van der Waals surface area contributed by atoms with Gasteiger partial charge in [0.05, 0.1) is 0 Å². The highest BCUT2D eigenvalue weighted by atomic mass is 16.4. The van der Waals surface area contributed by atoms with E-state index in [-0.39, 0.29) is 18.1 Å². The Morgan fingerprint density at radius 2 is 1.12 bits per heavy atom. The van der Waals surface area contributed by atoms with Crippen molar-refractivity contribution in [2.75, 3.05) is 0 Å². The predicted molar refractivity (Wildman–Crippen MR) is 140 cm³/mol. The average molecular weight is 476 g/mol. The first-order valence-electron chi connectivity index (χ1n) is 13.8. The van der Waals surface area contributed by atoms with Crippen LogP contribution in [0.5, 0.6) is 5.75 Å². The van der Waals surface area contributed by atoms with Gasteiger partial charge in [0.25, 0.3) is 0 Å². The molecule has 0 aliphatic carbocycles. The predicted octanol–water partition coefficient (Wildman–Crippen LogP) is 7.55. The SMILES string of the molecule is CCCCCCCCCCCCCCCCCCCC(=O)N[C@@H](Cc1ccc(O)cc1)C(=O)O. The first-order valence-corrected chi connectivity index (χ1v) is 13.8. The molecule has 0 fully saturated rings. The third-order valence-electron chi connectivity index (χ3n) is 6.52. The number of carbonyl (C=O) groups excluding carboxylic acids is 1. The number of amides is 1. The van der Waals surface area contributed by atoms with Crippen molar-refractivity contribution in [1.29, 1.82) is 0 Å². The molecule has 34 heavy (non-hydrogen) atoms. The van der Waals surface area contributed by atoms with Gasteiger partial charge < -0.3 is 15.5 Å². The molecule has 0 unspecified atom stereocenters. The summed E-state index contributed by atoms with van der Waals surface area (Å²) in [6.07, 6.45) is 22.6. The van der Waals surface area contributed by atoms with Crippen LogP contribution in [0.15, 0.2) is 24.3 Å². The summed E-state index contributed by atoms with van der Waals surface area (Å²) >= 11 is 0. The van der Waals surface area contributed by atoms with Crippen molar-refractivity contribution in [3.8, 4) is 5.75 Å². The Morgan fingerprint density at radius 3 is 1.53 bits per heavy atom. The Kier molecular flexibility index (Phi) is 17.9. The van der Waals surface area contributed by atoms with Crippen LogP contribution < -0.4 is 5.32 Å². The van der Waals surface area contributed by atoms with Gasteiger partial charge in [-0.2, -0.15) is 0 Å². The van der Waals surface area contributed by atoms with E-state index < -0.39 is 12.0 Å². The monoisotopic (exact) mass is 475 g/mol. The fourth-order valence-electron chi connectivity index (χ4n) is 4.34. The van der Waals surface area contributed by atoms with E-state index >= 15 is 0 Å². The van der Waals surface area contributed by atoms with E-state index in [1.54, 1.807) is 12.1 Å². The summed E-state index contributed by atoms with van der Waals surface area (Å²) in [5.41, 5.74) is 0.767. The van der Waals surface area contributed by atoms with Gasteiger partial charge in [-0.3, -0.25) is 4.79 Å². The lowest BCUT2D eigenvalue weighted by Crippen LogP contribution is -2.42. The number of benzene rings is 1. The van der Waals surface area contributed by atoms with Gasteiger partial charge in [0.2, 0.25) is 5.91 Å². The van der Waals surface area contributed by atoms with Gasteiger partial charge in [-0.15, -0.1) is 0 Å². The number of unbranched alkanes of at least 4 members (excludes halogenated alkanes) is 16. The molecule has 0 bridgehead atoms. The molecule has 0 heterocycles. The Bertz CT molecular complexity index is 644. The summed E-state index contributed by atoms with van der Waals surface area (Å²) in [5.74, 6) is -1.10. The summed E-state index contributed by atoms with van der Waals surface area (Å²) < 4.78 is 0. The third kappa shape index (κ3) is 16.6. The summed E-state index contributed by atoms with van der Waals surface area (Å²) in [6.45, 7) is 2.27. The minimum Gasteiger partial charge on any atom is -0.508 e. The number of rotatable bonds is 22. The van der Waals surface area contributed by atoms with Gasteiger partial charge in [-0.25, -0.2) is 4.79 Å². The first-order chi connectivity index (χ1) is 16.5. The summed E-state index contributed by atoms with van der Waals surface area (Å²) in [7, 11) is 0. The highest BCUT2D eigenvalue weighted by Gasteiger charge is 2.20. The van der Waals surface area contributed by atoms with Gasteiger partial charge in [0.15, 0.2) is 0 Å². The Balaban J connectivity index is 1.94. The molecule has 1 atom stereocenters. The smallest absolute Gasteiger partial charge is 0.326 e. The number of carboxylic acid groups (broad SMARTS) is 1. The number of carbonyl (C=O) groups is 2. The van der Waals surface area contributed by atoms with E-state index in [0.717, 1.165) is 24.8 Å². The van der Waals surface area contributed by atoms with Crippen molar-refractivity contribution in [2.45, 2.75) is 135 Å². The molecule has 1 amide bonds. The third-order valence-corrected chi connectivity index (χ3v) is 6.52. The van der Waals surface area contributed by atoms with Crippen LogP contribution in [0.25, 0.3) is 0 Å². The van der Waals surface area contributed by atoms with Gasteiger partial charge >= 0.3 is 5.97 Å². The van der Waals surface area contributed by atoms with Gasteiger partial charge in [-0.05, 0) is 24.1 Å². The molecule has 0 saturated carbocycles. The van der Waals surface area contributed by atoms with E-state index in [1.807, 2.05) is 0 Å². The normalized spacial score (nSPS) is 11.9. The minimum atomic E-state index is -1.04. The van der Waals surface area contributed by atoms with Crippen LogP contribution >= 0.6 is 0 Å². The Morgan fingerprint density at radius 1 is 0.706 bits per heavy atom. The number of carboxylic acids is 1.